The molecule has 146 valence electrons. The van der Waals surface area contributed by atoms with Gasteiger partial charge in [-0.1, -0.05) is 12.1 Å². The highest BCUT2D eigenvalue weighted by Crippen LogP contribution is 2.20. The first-order chi connectivity index (χ1) is 13.8. The van der Waals surface area contributed by atoms with Gasteiger partial charge in [-0.25, -0.2) is 9.97 Å². The Morgan fingerprint density at radius 2 is 2.00 bits per heavy atom. The van der Waals surface area contributed by atoms with E-state index in [1.807, 2.05) is 24.3 Å². The number of anilines is 2. The second kappa shape index (κ2) is 8.86. The minimum absolute atomic E-state index is 0.558. The van der Waals surface area contributed by atoms with Gasteiger partial charge in [0.2, 0.25) is 0 Å². The molecule has 0 aliphatic carbocycles. The van der Waals surface area contributed by atoms with Crippen molar-refractivity contribution >= 4 is 22.4 Å². The molecule has 0 spiro atoms. The van der Waals surface area contributed by atoms with Crippen molar-refractivity contribution in [2.45, 2.75) is 6.54 Å². The summed E-state index contributed by atoms with van der Waals surface area (Å²) >= 11 is 0. The van der Waals surface area contributed by atoms with Gasteiger partial charge in [0.25, 0.3) is 0 Å². The Morgan fingerprint density at radius 1 is 1.11 bits per heavy atom. The van der Waals surface area contributed by atoms with Crippen LogP contribution in [0.3, 0.4) is 0 Å². The first-order valence-electron chi connectivity index (χ1n) is 9.54. The lowest BCUT2D eigenvalue weighted by atomic mass is 10.1. The molecule has 0 radical (unpaired) electrons. The predicted molar refractivity (Wildman–Crippen MR) is 110 cm³/mol. The zero-order valence-corrected chi connectivity index (χ0v) is 15.8. The van der Waals surface area contributed by atoms with Gasteiger partial charge >= 0.3 is 0 Å². The van der Waals surface area contributed by atoms with E-state index in [2.05, 4.69) is 32.3 Å². The number of benzene rings is 1. The van der Waals surface area contributed by atoms with Crippen molar-refractivity contribution in [1.29, 1.82) is 0 Å². The van der Waals surface area contributed by atoms with Crippen molar-refractivity contribution in [3.8, 4) is 5.75 Å². The normalized spacial score (nSPS) is 14.9. The lowest BCUT2D eigenvalue weighted by molar-refractivity contribution is 0.0322. The first-order valence-corrected chi connectivity index (χ1v) is 9.54. The molecule has 7 nitrogen and oxygen atoms in total. The second-order valence-electron chi connectivity index (χ2n) is 6.79. The number of pyridine rings is 2. The molecular formula is C21H25N5O2. The lowest BCUT2D eigenvalue weighted by Gasteiger charge is -2.26. The Labute approximate surface area is 164 Å². The number of rotatable bonds is 7. The molecular weight excluding hydrogens is 354 g/mol. The van der Waals surface area contributed by atoms with Crippen LogP contribution in [-0.4, -0.2) is 54.3 Å². The minimum Gasteiger partial charge on any atom is -0.491 e. The maximum absolute atomic E-state index is 5.91. The van der Waals surface area contributed by atoms with Crippen molar-refractivity contribution < 1.29 is 9.47 Å². The van der Waals surface area contributed by atoms with Crippen LogP contribution in [0.5, 0.6) is 5.75 Å². The molecule has 0 amide bonds. The van der Waals surface area contributed by atoms with E-state index in [0.717, 1.165) is 60.8 Å². The molecule has 1 fully saturated rings. The molecule has 2 aromatic heterocycles. The monoisotopic (exact) mass is 379 g/mol. The molecule has 3 heterocycles. The first kappa shape index (κ1) is 18.5. The van der Waals surface area contributed by atoms with E-state index in [1.165, 1.54) is 0 Å². The summed E-state index contributed by atoms with van der Waals surface area (Å²) in [5.41, 5.74) is 7.06. The molecule has 1 aliphatic heterocycles. The Hall–Kier alpha value is -2.90. The summed E-state index contributed by atoms with van der Waals surface area (Å²) in [4.78, 5) is 10.9. The lowest BCUT2D eigenvalue weighted by Crippen LogP contribution is -2.38. The standard InChI is InChI=1S/C21H25N5O2/c22-21-19-3-1-16(13-17(19)5-6-23-21)14-24-20-4-2-18(15-25-20)28-12-9-26-7-10-27-11-8-26/h1-6,13,15H,7-12,14H2,(H2,22,23)(H,24,25). The van der Waals surface area contributed by atoms with Crippen LogP contribution >= 0.6 is 0 Å². The van der Waals surface area contributed by atoms with Gasteiger partial charge in [-0.3, -0.25) is 4.90 Å². The van der Waals surface area contributed by atoms with Crippen molar-refractivity contribution in [2.75, 3.05) is 50.5 Å². The van der Waals surface area contributed by atoms with Crippen LogP contribution in [0.25, 0.3) is 10.8 Å². The van der Waals surface area contributed by atoms with Crippen LogP contribution in [0.1, 0.15) is 5.56 Å². The zero-order valence-electron chi connectivity index (χ0n) is 15.8. The molecule has 28 heavy (non-hydrogen) atoms. The molecule has 0 bridgehead atoms. The van der Waals surface area contributed by atoms with E-state index in [-0.39, 0.29) is 0 Å². The molecule has 7 heteroatoms. The molecule has 0 saturated carbocycles. The van der Waals surface area contributed by atoms with Crippen LogP contribution in [0, 0.1) is 0 Å². The van der Waals surface area contributed by atoms with Gasteiger partial charge in [0.05, 0.1) is 19.4 Å². The quantitative estimate of drug-likeness (QED) is 0.652. The highest BCUT2D eigenvalue weighted by atomic mass is 16.5. The Morgan fingerprint density at radius 3 is 2.82 bits per heavy atom. The number of nitrogen functional groups attached to an aromatic ring is 1. The number of ether oxygens (including phenoxy) is 2. The highest BCUT2D eigenvalue weighted by molar-refractivity contribution is 5.91. The highest BCUT2D eigenvalue weighted by Gasteiger charge is 2.09. The van der Waals surface area contributed by atoms with Crippen LogP contribution in [-0.2, 0) is 11.3 Å². The van der Waals surface area contributed by atoms with E-state index >= 15 is 0 Å². The largest absolute Gasteiger partial charge is 0.491 e. The summed E-state index contributed by atoms with van der Waals surface area (Å²) in [5, 5.41) is 5.40. The fraction of sp³-hybridized carbons (Fsp3) is 0.333. The number of nitrogens with two attached hydrogens (primary N) is 1. The SMILES string of the molecule is Nc1nccc2cc(CNc3ccc(OCCN4CCOCC4)cn3)ccc12. The summed E-state index contributed by atoms with van der Waals surface area (Å²) in [6.07, 6.45) is 3.49. The van der Waals surface area contributed by atoms with E-state index in [1.54, 1.807) is 12.4 Å². The molecule has 1 aromatic carbocycles. The van der Waals surface area contributed by atoms with Gasteiger partial charge < -0.3 is 20.5 Å². The predicted octanol–water partition coefficient (Wildman–Crippen LogP) is 2.54. The zero-order chi connectivity index (χ0) is 19.2. The van der Waals surface area contributed by atoms with Crippen molar-refractivity contribution in [1.82, 2.24) is 14.9 Å². The fourth-order valence-corrected chi connectivity index (χ4v) is 3.24. The Kier molecular flexibility index (Phi) is 5.84. The number of aromatic nitrogens is 2. The maximum atomic E-state index is 5.91. The van der Waals surface area contributed by atoms with E-state index in [9.17, 15) is 0 Å². The summed E-state index contributed by atoms with van der Waals surface area (Å²) in [6.45, 7) is 5.81. The van der Waals surface area contributed by atoms with Crippen molar-refractivity contribution in [2.24, 2.45) is 0 Å². The molecule has 1 saturated heterocycles. The molecule has 3 aromatic rings. The molecule has 1 aliphatic rings. The summed E-state index contributed by atoms with van der Waals surface area (Å²) in [7, 11) is 0. The smallest absolute Gasteiger partial charge is 0.137 e. The van der Waals surface area contributed by atoms with Gasteiger partial charge in [0.15, 0.2) is 0 Å². The van der Waals surface area contributed by atoms with Gasteiger partial charge in [0, 0.05) is 37.8 Å². The third-order valence-electron chi connectivity index (χ3n) is 4.85. The fourth-order valence-electron chi connectivity index (χ4n) is 3.24. The average Bonchev–Trinajstić information content (AvgIpc) is 2.74. The Balaban J connectivity index is 1.27. The van der Waals surface area contributed by atoms with Gasteiger partial charge in [0.1, 0.15) is 24.0 Å². The molecule has 0 unspecified atom stereocenters. The van der Waals surface area contributed by atoms with Crippen LogP contribution in [0.4, 0.5) is 11.6 Å². The number of fused-ring (bicyclic) bond motifs is 1. The van der Waals surface area contributed by atoms with Gasteiger partial charge in [-0.05, 0) is 35.2 Å². The van der Waals surface area contributed by atoms with Crippen LogP contribution < -0.4 is 15.8 Å². The maximum Gasteiger partial charge on any atom is 0.137 e. The third-order valence-corrected chi connectivity index (χ3v) is 4.85. The number of hydrogen-bond acceptors (Lipinski definition) is 7. The second-order valence-corrected chi connectivity index (χ2v) is 6.79. The molecule has 0 atom stereocenters. The topological polar surface area (TPSA) is 85.5 Å². The van der Waals surface area contributed by atoms with E-state index < -0.39 is 0 Å². The van der Waals surface area contributed by atoms with E-state index in [0.29, 0.717) is 19.0 Å². The summed E-state index contributed by atoms with van der Waals surface area (Å²) < 4.78 is 11.1. The third kappa shape index (κ3) is 4.68. The van der Waals surface area contributed by atoms with Crippen molar-refractivity contribution in [3.05, 3.63) is 54.4 Å². The number of nitrogens with one attached hydrogen (secondary N) is 1. The Bertz CT molecular complexity index is 910. The van der Waals surface area contributed by atoms with Gasteiger partial charge in [-0.15, -0.1) is 0 Å². The number of nitrogens with zero attached hydrogens (tertiary/aromatic N) is 3. The number of hydrogen-bond donors (Lipinski definition) is 2. The molecule has 4 rings (SSSR count). The average molecular weight is 379 g/mol. The van der Waals surface area contributed by atoms with Crippen LogP contribution in [0.2, 0.25) is 0 Å². The summed E-state index contributed by atoms with van der Waals surface area (Å²) in [6, 6.07) is 12.0. The van der Waals surface area contributed by atoms with Crippen LogP contribution in [0.15, 0.2) is 48.8 Å². The van der Waals surface area contributed by atoms with Crippen molar-refractivity contribution in [3.63, 3.8) is 0 Å². The minimum atomic E-state index is 0.558. The number of morpholine rings is 1. The molecule has 3 N–H and O–H groups in total. The van der Waals surface area contributed by atoms with E-state index in [4.69, 9.17) is 15.2 Å². The summed E-state index contributed by atoms with van der Waals surface area (Å²) in [5.74, 6) is 2.16. The van der Waals surface area contributed by atoms with Gasteiger partial charge in [-0.2, -0.15) is 0 Å².